The van der Waals surface area contributed by atoms with E-state index in [9.17, 15) is 9.90 Å². The predicted octanol–water partition coefficient (Wildman–Crippen LogP) is 6.06. The molecule has 3 N–H and O–H groups in total. The third-order valence-corrected chi connectivity index (χ3v) is 7.71. The highest BCUT2D eigenvalue weighted by Crippen LogP contribution is 2.44. The zero-order chi connectivity index (χ0) is 27.7. The number of fused-ring (bicyclic) bond motifs is 2. The molecule has 9 nitrogen and oxygen atoms in total. The maximum atomic E-state index is 12.0. The Morgan fingerprint density at radius 3 is 2.82 bits per heavy atom. The van der Waals surface area contributed by atoms with Gasteiger partial charge in [0.1, 0.15) is 22.7 Å². The van der Waals surface area contributed by atoms with E-state index in [0.717, 1.165) is 42.6 Å². The van der Waals surface area contributed by atoms with Crippen LogP contribution in [0, 0.1) is 5.53 Å². The van der Waals surface area contributed by atoms with Crippen molar-refractivity contribution in [1.82, 2.24) is 9.88 Å². The topological polar surface area (TPSA) is 120 Å². The largest absolute Gasteiger partial charge is 0.494 e. The summed E-state index contributed by atoms with van der Waals surface area (Å²) in [6, 6.07) is 14.2. The van der Waals surface area contributed by atoms with Crippen molar-refractivity contribution in [1.29, 1.82) is 5.53 Å². The number of aromatic nitrogens is 1. The van der Waals surface area contributed by atoms with Gasteiger partial charge in [-0.15, -0.1) is 0 Å². The number of rotatable bonds is 8. The number of hydrogen-bond acceptors (Lipinski definition) is 8. The second kappa shape index (κ2) is 10.6. The van der Waals surface area contributed by atoms with Crippen LogP contribution >= 0.6 is 0 Å². The van der Waals surface area contributed by atoms with Crippen LogP contribution in [0.25, 0.3) is 0 Å². The van der Waals surface area contributed by atoms with E-state index in [1.54, 1.807) is 26.4 Å². The molecule has 2 atom stereocenters. The number of methoxy groups -OCH3 is 1. The fourth-order valence-corrected chi connectivity index (χ4v) is 6.04. The van der Waals surface area contributed by atoms with Crippen LogP contribution in [-0.4, -0.2) is 47.3 Å². The monoisotopic (exact) mass is 529 g/mol. The number of carboxylic acids is 1. The number of nitrogens with zero attached hydrogens (tertiary/aromatic N) is 3. The molecule has 204 valence electrons. The summed E-state index contributed by atoms with van der Waals surface area (Å²) in [7, 11) is 3.30. The Hall–Kier alpha value is -3.98. The van der Waals surface area contributed by atoms with Crippen LogP contribution in [0.4, 0.5) is 11.4 Å². The van der Waals surface area contributed by atoms with Crippen LogP contribution in [0.1, 0.15) is 66.5 Å². The van der Waals surface area contributed by atoms with E-state index in [1.165, 1.54) is 11.1 Å². The third-order valence-electron chi connectivity index (χ3n) is 7.71. The second-order valence-corrected chi connectivity index (χ2v) is 10.9. The number of nitrogens with one attached hydrogen (secondary N) is 2. The number of anilines is 1. The standard InChI is InChI=1S/C30H35N5O4/c1-30(2)17-35(16-20-6-5-11-33-29(20)39-30)25-10-9-18-7-8-19(12-23(18)25)22(15-27(36)37)21-13-24(34-31)28(32-3)26(14-21)38-4/h5-8,11-14,22,25,31-32H,9-10,15-17H2,1-4H3,(H,36,37). The molecule has 0 fully saturated rings. The summed E-state index contributed by atoms with van der Waals surface area (Å²) in [6.07, 6.45) is 3.63. The quantitative estimate of drug-likeness (QED) is 0.303. The minimum Gasteiger partial charge on any atom is -0.494 e. The van der Waals surface area contributed by atoms with Gasteiger partial charge in [0.25, 0.3) is 0 Å². The molecular weight excluding hydrogens is 494 g/mol. The van der Waals surface area contributed by atoms with Crippen molar-refractivity contribution in [3.05, 3.63) is 76.5 Å². The lowest BCUT2D eigenvalue weighted by atomic mass is 9.86. The van der Waals surface area contributed by atoms with E-state index in [-0.39, 0.29) is 12.5 Å². The predicted molar refractivity (Wildman–Crippen MR) is 148 cm³/mol. The van der Waals surface area contributed by atoms with Crippen LogP contribution in [0.15, 0.2) is 53.8 Å². The number of carbonyl (C=O) groups is 1. The van der Waals surface area contributed by atoms with Gasteiger partial charge in [-0.3, -0.25) is 9.69 Å². The van der Waals surface area contributed by atoms with Gasteiger partial charge < -0.3 is 19.9 Å². The molecule has 2 aliphatic rings. The van der Waals surface area contributed by atoms with Gasteiger partial charge in [-0.25, -0.2) is 10.5 Å². The summed E-state index contributed by atoms with van der Waals surface area (Å²) in [4.78, 5) is 19.0. The summed E-state index contributed by atoms with van der Waals surface area (Å²) in [5.74, 6) is -0.112. The van der Waals surface area contributed by atoms with Gasteiger partial charge in [-0.2, -0.15) is 5.11 Å². The molecule has 5 rings (SSSR count). The second-order valence-electron chi connectivity index (χ2n) is 10.9. The summed E-state index contributed by atoms with van der Waals surface area (Å²) in [5.41, 5.74) is 13.5. The Bertz CT molecular complexity index is 1410. The smallest absolute Gasteiger partial charge is 0.304 e. The van der Waals surface area contributed by atoms with Gasteiger partial charge in [-0.05, 0) is 67.1 Å². The SMILES string of the molecule is CNc1c(N=N)cc(C(CC(=O)O)c2ccc3c(c2)C(N2Cc4cccnc4OC(C)(C)C2)CC3)cc1OC. The summed E-state index contributed by atoms with van der Waals surface area (Å²) in [6.45, 7) is 5.66. The molecule has 0 saturated carbocycles. The molecule has 0 spiro atoms. The zero-order valence-corrected chi connectivity index (χ0v) is 22.8. The van der Waals surface area contributed by atoms with E-state index < -0.39 is 17.5 Å². The average molecular weight is 530 g/mol. The molecule has 0 amide bonds. The number of hydrogen-bond donors (Lipinski definition) is 3. The lowest BCUT2D eigenvalue weighted by Crippen LogP contribution is -2.41. The minimum atomic E-state index is -0.895. The Labute approximate surface area is 228 Å². The van der Waals surface area contributed by atoms with Crippen LogP contribution < -0.4 is 14.8 Å². The number of ether oxygens (including phenoxy) is 2. The fraction of sp³-hybridized carbons (Fsp3) is 0.400. The molecule has 0 bridgehead atoms. The fourth-order valence-electron chi connectivity index (χ4n) is 6.04. The molecular formula is C30H35N5O4. The van der Waals surface area contributed by atoms with E-state index >= 15 is 0 Å². The molecule has 1 aliphatic heterocycles. The first-order chi connectivity index (χ1) is 18.7. The normalized spacial score (nSPS) is 18.7. The van der Waals surface area contributed by atoms with Crippen molar-refractivity contribution < 1.29 is 19.4 Å². The molecule has 2 heterocycles. The highest BCUT2D eigenvalue weighted by Gasteiger charge is 2.36. The van der Waals surface area contributed by atoms with Crippen molar-refractivity contribution in [2.24, 2.45) is 5.11 Å². The van der Waals surface area contributed by atoms with Crippen LogP contribution in [-0.2, 0) is 17.8 Å². The number of carboxylic acid groups (broad SMARTS) is 1. The van der Waals surface area contributed by atoms with Gasteiger partial charge >= 0.3 is 5.97 Å². The highest BCUT2D eigenvalue weighted by molar-refractivity contribution is 5.75. The molecule has 39 heavy (non-hydrogen) atoms. The van der Waals surface area contributed by atoms with Gasteiger partial charge in [0.15, 0.2) is 0 Å². The first-order valence-electron chi connectivity index (χ1n) is 13.2. The Morgan fingerprint density at radius 1 is 1.28 bits per heavy atom. The molecule has 0 saturated heterocycles. The van der Waals surface area contributed by atoms with Gasteiger partial charge in [0.2, 0.25) is 5.88 Å². The number of aliphatic carboxylic acids is 1. The number of pyridine rings is 1. The maximum Gasteiger partial charge on any atom is 0.304 e. The van der Waals surface area contributed by atoms with Crippen molar-refractivity contribution in [2.75, 3.05) is 26.0 Å². The molecule has 1 aliphatic carbocycles. The highest BCUT2D eigenvalue weighted by atomic mass is 16.5. The van der Waals surface area contributed by atoms with Crippen LogP contribution in [0.2, 0.25) is 0 Å². The van der Waals surface area contributed by atoms with Crippen molar-refractivity contribution >= 4 is 17.3 Å². The van der Waals surface area contributed by atoms with E-state index in [0.29, 0.717) is 23.0 Å². The molecule has 2 unspecified atom stereocenters. The Kier molecular flexibility index (Phi) is 7.27. The molecule has 9 heteroatoms. The summed E-state index contributed by atoms with van der Waals surface area (Å²) < 4.78 is 11.9. The van der Waals surface area contributed by atoms with E-state index in [2.05, 4.69) is 52.4 Å². The van der Waals surface area contributed by atoms with E-state index in [1.807, 2.05) is 18.2 Å². The maximum absolute atomic E-state index is 12.0. The number of aryl methyl sites for hydroxylation is 1. The summed E-state index contributed by atoms with van der Waals surface area (Å²) in [5, 5.41) is 16.6. The zero-order valence-electron chi connectivity index (χ0n) is 22.8. The van der Waals surface area contributed by atoms with Gasteiger partial charge in [0, 0.05) is 43.9 Å². The van der Waals surface area contributed by atoms with Crippen molar-refractivity contribution in [3.8, 4) is 11.6 Å². The van der Waals surface area contributed by atoms with Gasteiger partial charge in [-0.1, -0.05) is 24.3 Å². The van der Waals surface area contributed by atoms with Gasteiger partial charge in [0.05, 0.1) is 13.5 Å². The van der Waals surface area contributed by atoms with Crippen LogP contribution in [0.5, 0.6) is 11.6 Å². The van der Waals surface area contributed by atoms with E-state index in [4.69, 9.17) is 15.0 Å². The first-order valence-corrected chi connectivity index (χ1v) is 13.2. The van der Waals surface area contributed by atoms with Crippen LogP contribution in [0.3, 0.4) is 0 Å². The Balaban J connectivity index is 1.55. The minimum absolute atomic E-state index is 0.0907. The van der Waals surface area contributed by atoms with Crippen molar-refractivity contribution in [2.45, 2.75) is 57.2 Å². The molecule has 0 radical (unpaired) electrons. The first kappa shape index (κ1) is 26.6. The lowest BCUT2D eigenvalue weighted by molar-refractivity contribution is -0.137. The third kappa shape index (κ3) is 5.31. The number of benzene rings is 2. The lowest BCUT2D eigenvalue weighted by Gasteiger charge is -2.33. The Morgan fingerprint density at radius 2 is 2.10 bits per heavy atom. The molecule has 3 aromatic rings. The summed E-state index contributed by atoms with van der Waals surface area (Å²) >= 11 is 0. The van der Waals surface area contributed by atoms with Crippen molar-refractivity contribution in [3.63, 3.8) is 0 Å². The average Bonchev–Trinajstić information content (AvgIpc) is 3.28. The molecule has 1 aromatic heterocycles. The molecule has 2 aromatic carbocycles.